The summed E-state index contributed by atoms with van der Waals surface area (Å²) in [6, 6.07) is 19.6. The van der Waals surface area contributed by atoms with E-state index in [1.165, 1.54) is 5.56 Å². The SMILES string of the molecule is O=C(NCC=CNCCc1ccccc1)c1ccccc1. The van der Waals surface area contributed by atoms with E-state index in [0.717, 1.165) is 13.0 Å². The molecule has 108 valence electrons. The smallest absolute Gasteiger partial charge is 0.251 e. The lowest BCUT2D eigenvalue weighted by molar-refractivity contribution is 0.0958. The van der Waals surface area contributed by atoms with Gasteiger partial charge in [-0.15, -0.1) is 0 Å². The Kier molecular flexibility index (Phi) is 6.07. The van der Waals surface area contributed by atoms with Crippen LogP contribution in [0.4, 0.5) is 0 Å². The zero-order valence-corrected chi connectivity index (χ0v) is 12.0. The Morgan fingerprint density at radius 1 is 0.952 bits per heavy atom. The molecule has 2 rings (SSSR count). The van der Waals surface area contributed by atoms with Gasteiger partial charge in [-0.05, 0) is 36.4 Å². The lowest BCUT2D eigenvalue weighted by Gasteiger charge is -2.03. The van der Waals surface area contributed by atoms with Gasteiger partial charge in [-0.1, -0.05) is 48.5 Å². The fourth-order valence-corrected chi connectivity index (χ4v) is 1.93. The van der Waals surface area contributed by atoms with E-state index in [-0.39, 0.29) is 5.91 Å². The van der Waals surface area contributed by atoms with Gasteiger partial charge in [0.05, 0.1) is 0 Å². The van der Waals surface area contributed by atoms with Gasteiger partial charge in [0.15, 0.2) is 0 Å². The molecule has 0 saturated heterocycles. The van der Waals surface area contributed by atoms with Crippen molar-refractivity contribution in [3.05, 3.63) is 84.1 Å². The van der Waals surface area contributed by atoms with Gasteiger partial charge >= 0.3 is 0 Å². The van der Waals surface area contributed by atoms with Crippen molar-refractivity contribution in [2.75, 3.05) is 13.1 Å². The molecule has 2 N–H and O–H groups in total. The Morgan fingerprint density at radius 3 is 2.33 bits per heavy atom. The van der Waals surface area contributed by atoms with Crippen molar-refractivity contribution >= 4 is 5.91 Å². The topological polar surface area (TPSA) is 41.1 Å². The first-order valence-electron chi connectivity index (χ1n) is 7.12. The summed E-state index contributed by atoms with van der Waals surface area (Å²) in [7, 11) is 0. The van der Waals surface area contributed by atoms with E-state index < -0.39 is 0 Å². The summed E-state index contributed by atoms with van der Waals surface area (Å²) >= 11 is 0. The van der Waals surface area contributed by atoms with Crippen molar-refractivity contribution in [3.8, 4) is 0 Å². The van der Waals surface area contributed by atoms with Crippen molar-refractivity contribution in [1.29, 1.82) is 0 Å². The summed E-state index contributed by atoms with van der Waals surface area (Å²) < 4.78 is 0. The third-order valence-electron chi connectivity index (χ3n) is 3.05. The normalized spacial score (nSPS) is 10.5. The maximum absolute atomic E-state index is 11.8. The second kappa shape index (κ2) is 8.59. The number of amides is 1. The molecule has 2 aromatic carbocycles. The number of carbonyl (C=O) groups is 1. The Balaban J connectivity index is 1.59. The summed E-state index contributed by atoms with van der Waals surface area (Å²) in [5.41, 5.74) is 2.00. The number of benzene rings is 2. The molecule has 0 fully saturated rings. The van der Waals surface area contributed by atoms with Crippen LogP contribution in [-0.4, -0.2) is 19.0 Å². The Bertz CT molecular complexity index is 564. The molecule has 0 radical (unpaired) electrons. The third-order valence-corrected chi connectivity index (χ3v) is 3.05. The van der Waals surface area contributed by atoms with E-state index in [1.807, 2.05) is 48.7 Å². The lowest BCUT2D eigenvalue weighted by atomic mass is 10.1. The highest BCUT2D eigenvalue weighted by Gasteiger charge is 2.00. The Morgan fingerprint density at radius 2 is 1.62 bits per heavy atom. The second-order valence-corrected chi connectivity index (χ2v) is 4.67. The standard InChI is InChI=1S/C18H20N2O/c21-18(17-10-5-2-6-11-17)20-14-7-13-19-15-12-16-8-3-1-4-9-16/h1-11,13,19H,12,14-15H2,(H,20,21). The van der Waals surface area contributed by atoms with Gasteiger partial charge in [0.2, 0.25) is 0 Å². The number of hydrogen-bond acceptors (Lipinski definition) is 2. The van der Waals surface area contributed by atoms with Gasteiger partial charge in [-0.25, -0.2) is 0 Å². The molecule has 21 heavy (non-hydrogen) atoms. The number of hydrogen-bond donors (Lipinski definition) is 2. The molecule has 3 nitrogen and oxygen atoms in total. The van der Waals surface area contributed by atoms with E-state index >= 15 is 0 Å². The van der Waals surface area contributed by atoms with Crippen LogP contribution in [0.2, 0.25) is 0 Å². The number of carbonyl (C=O) groups excluding carboxylic acids is 1. The van der Waals surface area contributed by atoms with Crippen molar-refractivity contribution in [3.63, 3.8) is 0 Å². The predicted molar refractivity (Wildman–Crippen MR) is 86.1 cm³/mol. The molecule has 0 spiro atoms. The zero-order chi connectivity index (χ0) is 14.8. The van der Waals surface area contributed by atoms with Gasteiger partial charge in [-0.3, -0.25) is 4.79 Å². The van der Waals surface area contributed by atoms with Gasteiger partial charge in [0.25, 0.3) is 5.91 Å². The van der Waals surface area contributed by atoms with Gasteiger partial charge in [-0.2, -0.15) is 0 Å². The van der Waals surface area contributed by atoms with Gasteiger partial charge in [0, 0.05) is 18.7 Å². The van der Waals surface area contributed by atoms with Crippen LogP contribution in [0, 0.1) is 0 Å². The van der Waals surface area contributed by atoms with E-state index in [9.17, 15) is 4.79 Å². The molecule has 0 heterocycles. The van der Waals surface area contributed by atoms with Crippen molar-refractivity contribution in [1.82, 2.24) is 10.6 Å². The molecule has 0 aromatic heterocycles. The minimum atomic E-state index is -0.0514. The fourth-order valence-electron chi connectivity index (χ4n) is 1.93. The molecule has 2 aromatic rings. The molecule has 0 aliphatic rings. The van der Waals surface area contributed by atoms with E-state index in [4.69, 9.17) is 0 Å². The minimum absolute atomic E-state index is 0.0514. The lowest BCUT2D eigenvalue weighted by Crippen LogP contribution is -2.23. The minimum Gasteiger partial charge on any atom is -0.391 e. The molecule has 0 aliphatic carbocycles. The maximum Gasteiger partial charge on any atom is 0.251 e. The van der Waals surface area contributed by atoms with Crippen LogP contribution >= 0.6 is 0 Å². The summed E-state index contributed by atoms with van der Waals surface area (Å²) in [6.07, 6.45) is 4.78. The highest BCUT2D eigenvalue weighted by atomic mass is 16.1. The zero-order valence-electron chi connectivity index (χ0n) is 12.0. The fraction of sp³-hybridized carbons (Fsp3) is 0.167. The molecule has 3 heteroatoms. The van der Waals surface area contributed by atoms with Crippen molar-refractivity contribution < 1.29 is 4.79 Å². The highest BCUT2D eigenvalue weighted by molar-refractivity contribution is 5.94. The third kappa shape index (κ3) is 5.53. The van der Waals surface area contributed by atoms with Crippen LogP contribution in [0.15, 0.2) is 72.9 Å². The number of nitrogens with one attached hydrogen (secondary N) is 2. The maximum atomic E-state index is 11.8. The highest BCUT2D eigenvalue weighted by Crippen LogP contribution is 1.98. The molecular weight excluding hydrogens is 260 g/mol. The molecule has 1 amide bonds. The first-order valence-corrected chi connectivity index (χ1v) is 7.12. The van der Waals surface area contributed by atoms with Crippen LogP contribution in [0.1, 0.15) is 15.9 Å². The quantitative estimate of drug-likeness (QED) is 0.766. The predicted octanol–water partition coefficient (Wildman–Crippen LogP) is 2.76. The van der Waals surface area contributed by atoms with Crippen molar-refractivity contribution in [2.24, 2.45) is 0 Å². The van der Waals surface area contributed by atoms with Crippen LogP contribution in [-0.2, 0) is 6.42 Å². The molecule has 0 saturated carbocycles. The van der Waals surface area contributed by atoms with Crippen LogP contribution in [0.25, 0.3) is 0 Å². The van der Waals surface area contributed by atoms with Gasteiger partial charge in [0.1, 0.15) is 0 Å². The summed E-state index contributed by atoms with van der Waals surface area (Å²) in [5.74, 6) is -0.0514. The van der Waals surface area contributed by atoms with Gasteiger partial charge < -0.3 is 10.6 Å². The first kappa shape index (κ1) is 14.9. The summed E-state index contributed by atoms with van der Waals surface area (Å²) in [6.45, 7) is 1.40. The van der Waals surface area contributed by atoms with Crippen LogP contribution in [0.3, 0.4) is 0 Å². The van der Waals surface area contributed by atoms with Crippen LogP contribution < -0.4 is 10.6 Å². The average Bonchev–Trinajstić information content (AvgIpc) is 2.55. The second-order valence-electron chi connectivity index (χ2n) is 4.67. The Labute approximate surface area is 125 Å². The van der Waals surface area contributed by atoms with Crippen molar-refractivity contribution in [2.45, 2.75) is 6.42 Å². The summed E-state index contributed by atoms with van der Waals surface area (Å²) in [5, 5.41) is 6.06. The van der Waals surface area contributed by atoms with Crippen LogP contribution in [0.5, 0.6) is 0 Å². The molecule has 0 unspecified atom stereocenters. The molecule has 0 aliphatic heterocycles. The number of rotatable bonds is 7. The van der Waals surface area contributed by atoms with E-state index in [2.05, 4.69) is 22.8 Å². The van der Waals surface area contributed by atoms with E-state index in [0.29, 0.717) is 12.1 Å². The van der Waals surface area contributed by atoms with E-state index in [1.54, 1.807) is 12.1 Å². The molecular formula is C18H20N2O. The average molecular weight is 280 g/mol. The summed E-state index contributed by atoms with van der Waals surface area (Å²) in [4.78, 5) is 11.8. The monoisotopic (exact) mass is 280 g/mol. The molecule has 0 bridgehead atoms. The molecule has 0 atom stereocenters. The Hall–Kier alpha value is -2.55. The largest absolute Gasteiger partial charge is 0.391 e. The first-order chi connectivity index (χ1) is 10.4.